The van der Waals surface area contributed by atoms with E-state index in [0.717, 1.165) is 23.3 Å². The van der Waals surface area contributed by atoms with Crippen LogP contribution in [0.5, 0.6) is 5.75 Å². The van der Waals surface area contributed by atoms with Gasteiger partial charge in [0.1, 0.15) is 12.4 Å². The van der Waals surface area contributed by atoms with Crippen molar-refractivity contribution < 1.29 is 13.9 Å². The SMILES string of the molecule is Fc1cc(Br)c2nc3c(cc2c1)OC[C@@H]1COCCN31. The second-order valence-electron chi connectivity index (χ2n) is 5.00. The predicted octanol–water partition coefficient (Wildman–Crippen LogP) is 2.73. The van der Waals surface area contributed by atoms with E-state index in [1.54, 1.807) is 0 Å². The molecule has 0 spiro atoms. The molecule has 6 heteroatoms. The molecule has 0 amide bonds. The summed E-state index contributed by atoms with van der Waals surface area (Å²) >= 11 is 3.38. The van der Waals surface area contributed by atoms with E-state index in [2.05, 4.69) is 25.8 Å². The summed E-state index contributed by atoms with van der Waals surface area (Å²) in [5, 5.41) is 0.738. The van der Waals surface area contributed by atoms with Crippen molar-refractivity contribution in [2.24, 2.45) is 0 Å². The Hall–Kier alpha value is -1.40. The van der Waals surface area contributed by atoms with Crippen molar-refractivity contribution in [2.45, 2.75) is 6.04 Å². The molecule has 0 bridgehead atoms. The summed E-state index contributed by atoms with van der Waals surface area (Å²) in [4.78, 5) is 6.89. The summed E-state index contributed by atoms with van der Waals surface area (Å²) in [6, 6.07) is 4.97. The van der Waals surface area contributed by atoms with Crippen LogP contribution in [0.2, 0.25) is 0 Å². The fourth-order valence-corrected chi connectivity index (χ4v) is 3.29. The van der Waals surface area contributed by atoms with E-state index < -0.39 is 0 Å². The first-order chi connectivity index (χ1) is 9.72. The average molecular weight is 339 g/mol. The zero-order valence-corrected chi connectivity index (χ0v) is 12.2. The maximum absolute atomic E-state index is 13.5. The van der Waals surface area contributed by atoms with Crippen LogP contribution >= 0.6 is 15.9 Å². The van der Waals surface area contributed by atoms with Crippen LogP contribution < -0.4 is 9.64 Å². The van der Waals surface area contributed by atoms with Gasteiger partial charge >= 0.3 is 0 Å². The van der Waals surface area contributed by atoms with E-state index in [9.17, 15) is 4.39 Å². The molecule has 2 aliphatic rings. The van der Waals surface area contributed by atoms with Gasteiger partial charge in [-0.3, -0.25) is 0 Å². The Labute approximate surface area is 123 Å². The highest BCUT2D eigenvalue weighted by molar-refractivity contribution is 9.10. The lowest BCUT2D eigenvalue weighted by Gasteiger charge is -2.40. The highest BCUT2D eigenvalue weighted by Crippen LogP contribution is 2.37. The number of pyridine rings is 1. The van der Waals surface area contributed by atoms with E-state index in [4.69, 9.17) is 9.47 Å². The maximum atomic E-state index is 13.5. The topological polar surface area (TPSA) is 34.6 Å². The fourth-order valence-electron chi connectivity index (χ4n) is 2.75. The van der Waals surface area contributed by atoms with Gasteiger partial charge in [-0.1, -0.05) is 0 Å². The predicted molar refractivity (Wildman–Crippen MR) is 76.8 cm³/mol. The highest BCUT2D eigenvalue weighted by atomic mass is 79.9. The molecule has 4 nitrogen and oxygen atoms in total. The molecule has 20 heavy (non-hydrogen) atoms. The van der Waals surface area contributed by atoms with Gasteiger partial charge in [-0.25, -0.2) is 9.37 Å². The minimum atomic E-state index is -0.286. The summed E-state index contributed by atoms with van der Waals surface area (Å²) < 4.78 is 25.4. The Bertz CT molecular complexity index is 694. The molecule has 2 aromatic rings. The first-order valence-corrected chi connectivity index (χ1v) is 7.28. The van der Waals surface area contributed by atoms with Gasteiger partial charge in [0.05, 0.1) is 24.8 Å². The lowest BCUT2D eigenvalue weighted by atomic mass is 10.1. The van der Waals surface area contributed by atoms with Crippen LogP contribution in [0.15, 0.2) is 22.7 Å². The van der Waals surface area contributed by atoms with Gasteiger partial charge in [0, 0.05) is 16.4 Å². The van der Waals surface area contributed by atoms with Gasteiger partial charge in [0.15, 0.2) is 11.6 Å². The van der Waals surface area contributed by atoms with Crippen LogP contribution in [0.1, 0.15) is 0 Å². The number of benzene rings is 1. The molecule has 3 heterocycles. The van der Waals surface area contributed by atoms with Crippen molar-refractivity contribution >= 4 is 32.7 Å². The molecule has 0 radical (unpaired) electrons. The Morgan fingerprint density at radius 3 is 3.10 bits per heavy atom. The largest absolute Gasteiger partial charge is 0.487 e. The van der Waals surface area contributed by atoms with Crippen LogP contribution in [0.3, 0.4) is 0 Å². The van der Waals surface area contributed by atoms with Gasteiger partial charge in [0.2, 0.25) is 0 Å². The molecule has 2 aliphatic heterocycles. The molecule has 1 aromatic carbocycles. The lowest BCUT2D eigenvalue weighted by molar-refractivity contribution is 0.0698. The van der Waals surface area contributed by atoms with Crippen LogP contribution in [0.4, 0.5) is 10.2 Å². The van der Waals surface area contributed by atoms with Crippen molar-refractivity contribution in [3.05, 3.63) is 28.5 Å². The van der Waals surface area contributed by atoms with E-state index in [0.29, 0.717) is 30.0 Å². The Balaban J connectivity index is 1.91. The zero-order valence-electron chi connectivity index (χ0n) is 10.6. The number of hydrogen-bond donors (Lipinski definition) is 0. The zero-order chi connectivity index (χ0) is 13.7. The molecule has 4 rings (SSSR count). The summed E-state index contributed by atoms with van der Waals surface area (Å²) in [6.07, 6.45) is 0. The number of morpholine rings is 1. The van der Waals surface area contributed by atoms with Gasteiger partial charge in [-0.15, -0.1) is 0 Å². The third-order valence-electron chi connectivity index (χ3n) is 3.71. The third-order valence-corrected chi connectivity index (χ3v) is 4.32. The maximum Gasteiger partial charge on any atom is 0.172 e. The number of halogens is 2. The standard InChI is InChI=1S/C14H12BrFN2O2/c15-11-5-9(16)3-8-4-12-14(17-13(8)11)18-1-2-19-6-10(18)7-20-12/h3-5,10H,1-2,6-7H2/t10-/m0/s1. The van der Waals surface area contributed by atoms with E-state index >= 15 is 0 Å². The summed E-state index contributed by atoms with van der Waals surface area (Å²) in [6.45, 7) is 2.74. The molecular formula is C14H12BrFN2O2. The second kappa shape index (κ2) is 4.56. The number of aromatic nitrogens is 1. The van der Waals surface area contributed by atoms with Gasteiger partial charge in [-0.2, -0.15) is 0 Å². The molecule has 0 unspecified atom stereocenters. The molecule has 104 valence electrons. The van der Waals surface area contributed by atoms with Crippen molar-refractivity contribution in [2.75, 3.05) is 31.3 Å². The first kappa shape index (κ1) is 12.3. The fraction of sp³-hybridized carbons (Fsp3) is 0.357. The molecule has 1 saturated heterocycles. The van der Waals surface area contributed by atoms with Crippen molar-refractivity contribution in [1.82, 2.24) is 4.98 Å². The number of rotatable bonds is 0. The molecule has 0 N–H and O–H groups in total. The Kier molecular flexibility index (Phi) is 2.82. The first-order valence-electron chi connectivity index (χ1n) is 6.49. The number of nitrogens with zero attached hydrogens (tertiary/aromatic N) is 2. The Morgan fingerprint density at radius 1 is 1.30 bits per heavy atom. The van der Waals surface area contributed by atoms with Crippen LogP contribution in [0, 0.1) is 5.82 Å². The van der Waals surface area contributed by atoms with Gasteiger partial charge in [-0.05, 0) is 34.1 Å². The number of fused-ring (bicyclic) bond motifs is 4. The smallest absolute Gasteiger partial charge is 0.172 e. The summed E-state index contributed by atoms with van der Waals surface area (Å²) in [7, 11) is 0. The molecule has 1 fully saturated rings. The van der Waals surface area contributed by atoms with Crippen molar-refractivity contribution in [3.63, 3.8) is 0 Å². The average Bonchev–Trinajstić information content (AvgIpc) is 2.45. The molecule has 0 aliphatic carbocycles. The molecular weight excluding hydrogens is 327 g/mol. The van der Waals surface area contributed by atoms with E-state index in [1.807, 2.05) is 6.07 Å². The normalized spacial score (nSPS) is 21.3. The second-order valence-corrected chi connectivity index (χ2v) is 5.86. The number of hydrogen-bond acceptors (Lipinski definition) is 4. The van der Waals surface area contributed by atoms with Gasteiger partial charge in [0.25, 0.3) is 0 Å². The lowest BCUT2D eigenvalue weighted by Crippen LogP contribution is -2.51. The molecule has 1 aromatic heterocycles. The van der Waals surface area contributed by atoms with Crippen LogP contribution in [-0.2, 0) is 4.74 Å². The van der Waals surface area contributed by atoms with E-state index in [-0.39, 0.29) is 11.9 Å². The van der Waals surface area contributed by atoms with E-state index in [1.165, 1.54) is 12.1 Å². The van der Waals surface area contributed by atoms with Crippen molar-refractivity contribution in [1.29, 1.82) is 0 Å². The minimum absolute atomic E-state index is 0.209. The van der Waals surface area contributed by atoms with Crippen LogP contribution in [-0.4, -0.2) is 37.4 Å². The summed E-state index contributed by atoms with van der Waals surface area (Å²) in [5.74, 6) is 1.25. The third kappa shape index (κ3) is 1.86. The number of ether oxygens (including phenoxy) is 2. The van der Waals surface area contributed by atoms with Gasteiger partial charge < -0.3 is 14.4 Å². The van der Waals surface area contributed by atoms with Crippen molar-refractivity contribution in [3.8, 4) is 5.75 Å². The monoisotopic (exact) mass is 338 g/mol. The summed E-state index contributed by atoms with van der Waals surface area (Å²) in [5.41, 5.74) is 0.751. The van der Waals surface area contributed by atoms with Crippen LogP contribution in [0.25, 0.3) is 10.9 Å². The Morgan fingerprint density at radius 2 is 2.20 bits per heavy atom. The molecule has 0 saturated carbocycles. The highest BCUT2D eigenvalue weighted by Gasteiger charge is 2.32. The molecule has 1 atom stereocenters. The quantitative estimate of drug-likeness (QED) is 0.739. The minimum Gasteiger partial charge on any atom is -0.487 e. The number of anilines is 1.